The lowest BCUT2D eigenvalue weighted by Crippen LogP contribution is -2.13. The summed E-state index contributed by atoms with van der Waals surface area (Å²) in [5.74, 6) is 0.389. The van der Waals surface area contributed by atoms with Crippen LogP contribution in [0.2, 0.25) is 5.02 Å². The Hall–Kier alpha value is -2.78. The number of nitrogens with one attached hydrogen (secondary N) is 1. The second-order valence-corrected chi connectivity index (χ2v) is 5.34. The van der Waals surface area contributed by atoms with Gasteiger partial charge in [-0.1, -0.05) is 48.0 Å². The molecule has 2 aromatic carbocycles. The number of rotatable bonds is 4. The molecule has 1 N–H and O–H groups in total. The second-order valence-electron chi connectivity index (χ2n) is 4.90. The summed E-state index contributed by atoms with van der Waals surface area (Å²) in [5, 5.41) is 3.43. The molecule has 0 aliphatic rings. The maximum atomic E-state index is 12.7. The number of anilines is 1. The van der Waals surface area contributed by atoms with Gasteiger partial charge in [-0.25, -0.2) is 0 Å². The van der Waals surface area contributed by atoms with Crippen molar-refractivity contribution in [2.24, 2.45) is 0 Å². The number of hydrogen-bond acceptors (Lipinski definition) is 2. The molecule has 1 amide bonds. The Morgan fingerprint density at radius 3 is 2.52 bits per heavy atom. The third kappa shape index (κ3) is 3.90. The summed E-state index contributed by atoms with van der Waals surface area (Å²) in [4.78, 5) is 12.7. The van der Waals surface area contributed by atoms with E-state index in [0.717, 1.165) is 5.56 Å². The summed E-state index contributed by atoms with van der Waals surface area (Å²) in [6, 6.07) is 20.1. The number of hydrogen-bond donors (Lipinski definition) is 1. The van der Waals surface area contributed by atoms with E-state index in [1.165, 1.54) is 0 Å². The monoisotopic (exact) mass is 323 g/mol. The molecule has 0 aliphatic carbocycles. The number of carbonyl (C=O) groups excluding carboxylic acids is 1. The van der Waals surface area contributed by atoms with Crippen molar-refractivity contribution in [3.63, 3.8) is 0 Å². The van der Waals surface area contributed by atoms with E-state index >= 15 is 0 Å². The molecule has 0 saturated carbocycles. The summed E-state index contributed by atoms with van der Waals surface area (Å²) >= 11 is 5.96. The molecule has 3 nitrogen and oxygen atoms in total. The third-order valence-electron chi connectivity index (χ3n) is 3.24. The van der Waals surface area contributed by atoms with Crippen LogP contribution in [0.15, 0.2) is 77.4 Å². The number of carbonyl (C=O) groups is 1. The van der Waals surface area contributed by atoms with E-state index in [1.54, 1.807) is 48.7 Å². The zero-order valence-corrected chi connectivity index (χ0v) is 13.0. The molecule has 0 aliphatic heterocycles. The highest BCUT2D eigenvalue weighted by atomic mass is 35.5. The first-order chi connectivity index (χ1) is 11.2. The Morgan fingerprint density at radius 2 is 1.83 bits per heavy atom. The molecule has 23 heavy (non-hydrogen) atoms. The largest absolute Gasteiger partial charge is 0.465 e. The summed E-state index contributed by atoms with van der Waals surface area (Å²) in [5.41, 5.74) is 1.97. The molecule has 1 aromatic heterocycles. The maximum Gasteiger partial charge on any atom is 0.256 e. The van der Waals surface area contributed by atoms with Crippen molar-refractivity contribution in [3.8, 4) is 0 Å². The van der Waals surface area contributed by atoms with Gasteiger partial charge in [-0.15, -0.1) is 0 Å². The minimum Gasteiger partial charge on any atom is -0.465 e. The SMILES string of the molecule is O=C(Nc1cccc(Cl)c1)/C(=C\c1ccco1)c1ccccc1. The molecule has 1 heterocycles. The molecular weight excluding hydrogens is 310 g/mol. The van der Waals surface area contributed by atoms with Gasteiger partial charge in [-0.2, -0.15) is 0 Å². The Kier molecular flexibility index (Phi) is 4.60. The van der Waals surface area contributed by atoms with Crippen LogP contribution in [0.5, 0.6) is 0 Å². The van der Waals surface area contributed by atoms with Gasteiger partial charge in [0.2, 0.25) is 0 Å². The molecule has 4 heteroatoms. The standard InChI is InChI=1S/C19H14ClNO2/c20-15-8-4-9-16(12-15)21-19(22)18(13-17-10-5-11-23-17)14-6-2-1-3-7-14/h1-13H,(H,21,22)/b18-13-. The highest BCUT2D eigenvalue weighted by molar-refractivity contribution is 6.31. The van der Waals surface area contributed by atoms with Gasteiger partial charge in [0, 0.05) is 10.7 Å². The number of benzene rings is 2. The quantitative estimate of drug-likeness (QED) is 0.678. The van der Waals surface area contributed by atoms with Crippen LogP contribution in [0.3, 0.4) is 0 Å². The van der Waals surface area contributed by atoms with Crippen LogP contribution in [0, 0.1) is 0 Å². The fourth-order valence-corrected chi connectivity index (χ4v) is 2.37. The maximum absolute atomic E-state index is 12.7. The summed E-state index contributed by atoms with van der Waals surface area (Å²) in [6.07, 6.45) is 3.29. The predicted octanol–water partition coefficient (Wildman–Crippen LogP) is 5.11. The van der Waals surface area contributed by atoms with E-state index in [1.807, 2.05) is 30.3 Å². The molecule has 0 fully saturated rings. The molecule has 3 rings (SSSR count). The van der Waals surface area contributed by atoms with Crippen molar-refractivity contribution >= 4 is 34.8 Å². The Bertz CT molecular complexity index is 824. The topological polar surface area (TPSA) is 42.2 Å². The van der Waals surface area contributed by atoms with Crippen molar-refractivity contribution in [1.29, 1.82) is 0 Å². The van der Waals surface area contributed by atoms with Crippen LogP contribution in [0.25, 0.3) is 11.6 Å². The first kappa shape index (κ1) is 15.1. The van der Waals surface area contributed by atoms with Gasteiger partial charge in [-0.05, 0) is 42.0 Å². The van der Waals surface area contributed by atoms with Crippen LogP contribution < -0.4 is 5.32 Å². The van der Waals surface area contributed by atoms with Crippen molar-refractivity contribution in [3.05, 3.63) is 89.3 Å². The number of halogens is 1. The lowest BCUT2D eigenvalue weighted by Gasteiger charge is -2.09. The van der Waals surface area contributed by atoms with Crippen molar-refractivity contribution in [1.82, 2.24) is 0 Å². The van der Waals surface area contributed by atoms with Gasteiger partial charge >= 0.3 is 0 Å². The zero-order chi connectivity index (χ0) is 16.1. The highest BCUT2D eigenvalue weighted by Crippen LogP contribution is 2.22. The van der Waals surface area contributed by atoms with Crippen molar-refractivity contribution < 1.29 is 9.21 Å². The molecule has 0 radical (unpaired) electrons. The molecular formula is C19H14ClNO2. The smallest absolute Gasteiger partial charge is 0.256 e. The molecule has 0 atom stereocenters. The molecule has 0 spiro atoms. The summed E-state index contributed by atoms with van der Waals surface area (Å²) < 4.78 is 5.33. The van der Waals surface area contributed by atoms with Crippen molar-refractivity contribution in [2.75, 3.05) is 5.32 Å². The lowest BCUT2D eigenvalue weighted by molar-refractivity contribution is -0.111. The first-order valence-corrected chi connectivity index (χ1v) is 7.48. The highest BCUT2D eigenvalue weighted by Gasteiger charge is 2.13. The van der Waals surface area contributed by atoms with Gasteiger partial charge in [0.15, 0.2) is 0 Å². The molecule has 0 saturated heterocycles. The summed E-state index contributed by atoms with van der Waals surface area (Å²) in [6.45, 7) is 0. The van der Waals surface area contributed by atoms with Crippen LogP contribution in [-0.4, -0.2) is 5.91 Å². The molecule has 0 unspecified atom stereocenters. The van der Waals surface area contributed by atoms with E-state index in [4.69, 9.17) is 16.0 Å². The van der Waals surface area contributed by atoms with Crippen LogP contribution in [0.1, 0.15) is 11.3 Å². The molecule has 114 valence electrons. The minimum absolute atomic E-state index is 0.227. The number of furan rings is 1. The van der Waals surface area contributed by atoms with Crippen LogP contribution in [0.4, 0.5) is 5.69 Å². The Balaban J connectivity index is 1.93. The lowest BCUT2D eigenvalue weighted by atomic mass is 10.0. The summed E-state index contributed by atoms with van der Waals surface area (Å²) in [7, 11) is 0. The second kappa shape index (κ2) is 6.99. The normalized spacial score (nSPS) is 11.3. The zero-order valence-electron chi connectivity index (χ0n) is 12.2. The van der Waals surface area contributed by atoms with Gasteiger partial charge in [0.25, 0.3) is 5.91 Å². The van der Waals surface area contributed by atoms with E-state index < -0.39 is 0 Å². The first-order valence-electron chi connectivity index (χ1n) is 7.10. The van der Waals surface area contributed by atoms with E-state index in [9.17, 15) is 4.79 Å². The van der Waals surface area contributed by atoms with E-state index in [-0.39, 0.29) is 5.91 Å². The van der Waals surface area contributed by atoms with Gasteiger partial charge in [0.1, 0.15) is 5.76 Å². The van der Waals surface area contributed by atoms with Gasteiger partial charge < -0.3 is 9.73 Å². The minimum atomic E-state index is -0.227. The third-order valence-corrected chi connectivity index (χ3v) is 3.48. The van der Waals surface area contributed by atoms with Gasteiger partial charge in [-0.3, -0.25) is 4.79 Å². The van der Waals surface area contributed by atoms with Crippen LogP contribution >= 0.6 is 11.6 Å². The number of amides is 1. The molecule has 3 aromatic rings. The van der Waals surface area contributed by atoms with Crippen molar-refractivity contribution in [2.45, 2.75) is 0 Å². The van der Waals surface area contributed by atoms with Crippen LogP contribution in [-0.2, 0) is 4.79 Å². The van der Waals surface area contributed by atoms with Gasteiger partial charge in [0.05, 0.1) is 11.8 Å². The fraction of sp³-hybridized carbons (Fsp3) is 0. The average Bonchev–Trinajstić information content (AvgIpc) is 3.06. The Labute approximate surface area is 139 Å². The van der Waals surface area contributed by atoms with E-state index in [0.29, 0.717) is 22.0 Å². The predicted molar refractivity (Wildman–Crippen MR) is 93.1 cm³/mol. The molecule has 0 bridgehead atoms. The fourth-order valence-electron chi connectivity index (χ4n) is 2.18. The van der Waals surface area contributed by atoms with E-state index in [2.05, 4.69) is 5.32 Å². The Morgan fingerprint density at radius 1 is 1.00 bits per heavy atom. The average molecular weight is 324 g/mol.